The molecule has 1 fully saturated rings. The standard InChI is InChI=1S/C15H22F3N5O/c1-2-10-5-3-4-6-11(10)19-14(24)22-7-8-23-12(9-22)20-21-13(23)15(16,17)18/h10-11H,2-9H2,1H3,(H,19,24). The number of urea groups is 1. The first kappa shape index (κ1) is 17.0. The molecule has 0 saturated heterocycles. The predicted octanol–water partition coefficient (Wildman–Crippen LogP) is 2.79. The summed E-state index contributed by atoms with van der Waals surface area (Å²) >= 11 is 0. The summed E-state index contributed by atoms with van der Waals surface area (Å²) in [6.07, 6.45) is 0.875. The van der Waals surface area contributed by atoms with Crippen LogP contribution in [0.5, 0.6) is 0 Å². The molecule has 0 aromatic carbocycles. The lowest BCUT2D eigenvalue weighted by molar-refractivity contribution is -0.147. The average molecular weight is 345 g/mol. The second kappa shape index (κ2) is 6.60. The van der Waals surface area contributed by atoms with E-state index in [0.29, 0.717) is 5.92 Å². The summed E-state index contributed by atoms with van der Waals surface area (Å²) in [6.45, 7) is 2.46. The normalized spacial score (nSPS) is 24.6. The highest BCUT2D eigenvalue weighted by Gasteiger charge is 2.40. The molecule has 9 heteroatoms. The first-order valence-electron chi connectivity index (χ1n) is 8.45. The van der Waals surface area contributed by atoms with Gasteiger partial charge >= 0.3 is 12.2 Å². The van der Waals surface area contributed by atoms with E-state index in [-0.39, 0.29) is 37.5 Å². The lowest BCUT2D eigenvalue weighted by Gasteiger charge is -2.35. The molecule has 134 valence electrons. The molecule has 1 aliphatic carbocycles. The van der Waals surface area contributed by atoms with Crippen molar-refractivity contribution in [2.24, 2.45) is 5.92 Å². The molecule has 2 amide bonds. The molecular weight excluding hydrogens is 323 g/mol. The molecule has 1 aromatic rings. The number of nitrogens with one attached hydrogen (secondary N) is 1. The molecule has 2 aliphatic rings. The predicted molar refractivity (Wildman–Crippen MR) is 80.0 cm³/mol. The summed E-state index contributed by atoms with van der Waals surface area (Å²) in [5.74, 6) is -0.330. The maximum Gasteiger partial charge on any atom is 0.451 e. The highest BCUT2D eigenvalue weighted by atomic mass is 19.4. The third-order valence-electron chi connectivity index (χ3n) is 5.04. The Balaban J connectivity index is 1.65. The van der Waals surface area contributed by atoms with E-state index in [1.165, 1.54) is 11.3 Å². The van der Waals surface area contributed by atoms with Crippen LogP contribution in [-0.4, -0.2) is 38.3 Å². The number of carbonyl (C=O) groups excluding carboxylic acids is 1. The SMILES string of the molecule is CCC1CCCCC1NC(=O)N1CCn2c(nnc2C(F)(F)F)C1. The van der Waals surface area contributed by atoms with Gasteiger partial charge in [0.1, 0.15) is 0 Å². The van der Waals surface area contributed by atoms with Gasteiger partial charge in [-0.05, 0) is 18.8 Å². The number of alkyl halides is 3. The molecule has 1 aromatic heterocycles. The Labute approximate surface area is 138 Å². The summed E-state index contributed by atoms with van der Waals surface area (Å²) < 4.78 is 39.6. The van der Waals surface area contributed by atoms with Gasteiger partial charge in [0.15, 0.2) is 5.82 Å². The fraction of sp³-hybridized carbons (Fsp3) is 0.800. The lowest BCUT2D eigenvalue weighted by Crippen LogP contribution is -2.50. The Kier molecular flexibility index (Phi) is 4.69. The van der Waals surface area contributed by atoms with Crippen LogP contribution in [0.3, 0.4) is 0 Å². The summed E-state index contributed by atoms with van der Waals surface area (Å²) in [5, 5.41) is 9.90. The third kappa shape index (κ3) is 3.34. The van der Waals surface area contributed by atoms with Crippen molar-refractivity contribution in [2.75, 3.05) is 6.54 Å². The van der Waals surface area contributed by atoms with Gasteiger partial charge in [-0.3, -0.25) is 0 Å². The quantitative estimate of drug-likeness (QED) is 0.896. The molecule has 0 bridgehead atoms. The zero-order valence-corrected chi connectivity index (χ0v) is 13.6. The van der Waals surface area contributed by atoms with E-state index in [1.54, 1.807) is 0 Å². The highest BCUT2D eigenvalue weighted by molar-refractivity contribution is 5.74. The van der Waals surface area contributed by atoms with Crippen LogP contribution in [0.15, 0.2) is 0 Å². The van der Waals surface area contributed by atoms with Gasteiger partial charge in [0.05, 0.1) is 6.54 Å². The maximum atomic E-state index is 12.8. The number of hydrogen-bond donors (Lipinski definition) is 1. The van der Waals surface area contributed by atoms with Gasteiger partial charge in [0, 0.05) is 19.1 Å². The van der Waals surface area contributed by atoms with Gasteiger partial charge in [-0.2, -0.15) is 13.2 Å². The first-order chi connectivity index (χ1) is 11.4. The highest BCUT2D eigenvalue weighted by Crippen LogP contribution is 2.30. The Morgan fingerprint density at radius 2 is 2.00 bits per heavy atom. The van der Waals surface area contributed by atoms with E-state index in [1.807, 2.05) is 0 Å². The van der Waals surface area contributed by atoms with Crippen molar-refractivity contribution in [3.63, 3.8) is 0 Å². The van der Waals surface area contributed by atoms with E-state index in [0.717, 1.165) is 30.3 Å². The van der Waals surface area contributed by atoms with Gasteiger partial charge < -0.3 is 14.8 Å². The van der Waals surface area contributed by atoms with Gasteiger partial charge in [0.25, 0.3) is 0 Å². The number of halogens is 3. The van der Waals surface area contributed by atoms with E-state index in [9.17, 15) is 18.0 Å². The van der Waals surface area contributed by atoms with Crippen LogP contribution < -0.4 is 5.32 Å². The van der Waals surface area contributed by atoms with Crippen molar-refractivity contribution >= 4 is 6.03 Å². The lowest BCUT2D eigenvalue weighted by atomic mass is 9.83. The molecule has 3 rings (SSSR count). The van der Waals surface area contributed by atoms with Crippen LogP contribution >= 0.6 is 0 Å². The minimum absolute atomic E-state index is 0.0540. The number of carbonyl (C=O) groups is 1. The minimum Gasteiger partial charge on any atom is -0.335 e. The largest absolute Gasteiger partial charge is 0.451 e. The molecule has 2 atom stereocenters. The van der Waals surface area contributed by atoms with E-state index >= 15 is 0 Å². The molecule has 6 nitrogen and oxygen atoms in total. The molecule has 1 aliphatic heterocycles. The van der Waals surface area contributed by atoms with E-state index in [4.69, 9.17) is 0 Å². The van der Waals surface area contributed by atoms with Gasteiger partial charge in [-0.25, -0.2) is 4.79 Å². The zero-order valence-electron chi connectivity index (χ0n) is 13.6. The molecule has 2 unspecified atom stereocenters. The fourth-order valence-electron chi connectivity index (χ4n) is 3.68. The summed E-state index contributed by atoms with van der Waals surface area (Å²) in [7, 11) is 0. The average Bonchev–Trinajstić information content (AvgIpc) is 2.98. The van der Waals surface area contributed by atoms with Crippen LogP contribution in [0.1, 0.15) is 50.7 Å². The second-order valence-corrected chi connectivity index (χ2v) is 6.52. The number of amides is 2. The molecular formula is C15H22F3N5O. The molecule has 2 heterocycles. The van der Waals surface area contributed by atoms with Crippen molar-refractivity contribution in [1.82, 2.24) is 25.0 Å². The van der Waals surface area contributed by atoms with Gasteiger partial charge in [-0.1, -0.05) is 26.2 Å². The Hall–Kier alpha value is -1.80. The Bertz CT molecular complexity index is 600. The topological polar surface area (TPSA) is 63.1 Å². The van der Waals surface area contributed by atoms with Crippen LogP contribution in [0.2, 0.25) is 0 Å². The second-order valence-electron chi connectivity index (χ2n) is 6.52. The van der Waals surface area contributed by atoms with Crippen LogP contribution in [0.25, 0.3) is 0 Å². The maximum absolute atomic E-state index is 12.8. The Morgan fingerprint density at radius 3 is 2.71 bits per heavy atom. The monoisotopic (exact) mass is 345 g/mol. The summed E-state index contributed by atoms with van der Waals surface area (Å²) in [5.41, 5.74) is 0. The number of aromatic nitrogens is 3. The van der Waals surface area contributed by atoms with Gasteiger partial charge in [0.2, 0.25) is 5.82 Å². The van der Waals surface area contributed by atoms with Crippen molar-refractivity contribution in [3.8, 4) is 0 Å². The van der Waals surface area contributed by atoms with E-state index in [2.05, 4.69) is 22.4 Å². The van der Waals surface area contributed by atoms with Crippen molar-refractivity contribution in [3.05, 3.63) is 11.6 Å². The smallest absolute Gasteiger partial charge is 0.335 e. The van der Waals surface area contributed by atoms with Crippen LogP contribution in [-0.2, 0) is 19.3 Å². The van der Waals surface area contributed by atoms with Crippen molar-refractivity contribution in [1.29, 1.82) is 0 Å². The minimum atomic E-state index is -4.52. The zero-order chi connectivity index (χ0) is 17.3. The molecule has 1 saturated carbocycles. The number of hydrogen-bond acceptors (Lipinski definition) is 3. The van der Waals surface area contributed by atoms with Crippen LogP contribution in [0, 0.1) is 5.92 Å². The molecule has 24 heavy (non-hydrogen) atoms. The third-order valence-corrected chi connectivity index (χ3v) is 5.04. The van der Waals surface area contributed by atoms with Gasteiger partial charge in [-0.15, -0.1) is 10.2 Å². The van der Waals surface area contributed by atoms with Crippen molar-refractivity contribution in [2.45, 2.75) is 64.3 Å². The number of fused-ring (bicyclic) bond motifs is 1. The first-order valence-corrected chi connectivity index (χ1v) is 8.45. The number of nitrogens with zero attached hydrogens (tertiary/aromatic N) is 4. The fourth-order valence-corrected chi connectivity index (χ4v) is 3.68. The molecule has 1 N–H and O–H groups in total. The summed E-state index contributed by atoms with van der Waals surface area (Å²) in [4.78, 5) is 14.0. The molecule has 0 radical (unpaired) electrons. The Morgan fingerprint density at radius 1 is 1.25 bits per heavy atom. The summed E-state index contributed by atoms with van der Waals surface area (Å²) in [6, 6.07) is -0.0649. The van der Waals surface area contributed by atoms with Crippen LogP contribution in [0.4, 0.5) is 18.0 Å². The number of rotatable bonds is 2. The molecule has 0 spiro atoms. The van der Waals surface area contributed by atoms with E-state index < -0.39 is 12.0 Å². The van der Waals surface area contributed by atoms with Crippen molar-refractivity contribution < 1.29 is 18.0 Å².